The van der Waals surface area contributed by atoms with Crippen LogP contribution in [0.2, 0.25) is 5.02 Å². The van der Waals surface area contributed by atoms with Crippen molar-refractivity contribution in [1.29, 1.82) is 0 Å². The number of nitrogens with zero attached hydrogens (tertiary/aromatic N) is 1. The summed E-state index contributed by atoms with van der Waals surface area (Å²) in [5.41, 5.74) is 1.72. The van der Waals surface area contributed by atoms with Gasteiger partial charge in [-0.25, -0.2) is 0 Å². The Bertz CT molecular complexity index is 445. The van der Waals surface area contributed by atoms with Gasteiger partial charge in [-0.05, 0) is 45.2 Å². The zero-order chi connectivity index (χ0) is 14.0. The second-order valence-corrected chi connectivity index (χ2v) is 5.83. The fraction of sp³-hybridized carbons (Fsp3) is 0.533. The van der Waals surface area contributed by atoms with Crippen molar-refractivity contribution in [2.75, 3.05) is 11.9 Å². The summed E-state index contributed by atoms with van der Waals surface area (Å²) in [7, 11) is 0. The van der Waals surface area contributed by atoms with Crippen LogP contribution >= 0.6 is 11.6 Å². The van der Waals surface area contributed by atoms with Crippen molar-refractivity contribution >= 4 is 23.2 Å². The third-order valence-electron chi connectivity index (χ3n) is 3.95. The summed E-state index contributed by atoms with van der Waals surface area (Å²) in [6.45, 7) is 6.74. The number of aryl methyl sites for hydroxylation is 1. The largest absolute Gasteiger partial charge is 0.323 e. The number of anilines is 1. The third-order valence-corrected chi connectivity index (χ3v) is 4.26. The highest BCUT2D eigenvalue weighted by atomic mass is 35.5. The van der Waals surface area contributed by atoms with Gasteiger partial charge < -0.3 is 5.32 Å². The lowest BCUT2D eigenvalue weighted by Gasteiger charge is -2.25. The number of benzene rings is 1. The summed E-state index contributed by atoms with van der Waals surface area (Å²) in [6, 6.07) is 6.59. The van der Waals surface area contributed by atoms with E-state index < -0.39 is 0 Å². The molecule has 1 N–H and O–H groups in total. The van der Waals surface area contributed by atoms with Gasteiger partial charge in [0.25, 0.3) is 0 Å². The van der Waals surface area contributed by atoms with Gasteiger partial charge in [-0.15, -0.1) is 0 Å². The first-order chi connectivity index (χ1) is 8.99. The highest BCUT2D eigenvalue weighted by molar-refractivity contribution is 6.33. The number of hydrogen-bond acceptors (Lipinski definition) is 2. The van der Waals surface area contributed by atoms with Crippen LogP contribution in [0, 0.1) is 6.92 Å². The van der Waals surface area contributed by atoms with Crippen LogP contribution in [0.15, 0.2) is 18.2 Å². The van der Waals surface area contributed by atoms with E-state index in [2.05, 4.69) is 24.1 Å². The molecule has 0 bridgehead atoms. The van der Waals surface area contributed by atoms with Crippen LogP contribution in [0.3, 0.4) is 0 Å². The number of halogens is 1. The lowest BCUT2D eigenvalue weighted by atomic mass is 10.2. The van der Waals surface area contributed by atoms with Crippen molar-refractivity contribution in [2.24, 2.45) is 0 Å². The van der Waals surface area contributed by atoms with Gasteiger partial charge in [-0.2, -0.15) is 0 Å². The number of likely N-dealkylation sites (tertiary alicyclic amines) is 1. The number of carbonyl (C=O) groups excluding carboxylic acids is 1. The molecule has 2 unspecified atom stereocenters. The average molecular weight is 281 g/mol. The molecule has 0 spiro atoms. The normalized spacial score (nSPS) is 23.6. The minimum atomic E-state index is 0.0109. The molecule has 0 aromatic heterocycles. The summed E-state index contributed by atoms with van der Waals surface area (Å²) in [4.78, 5) is 14.4. The maximum atomic E-state index is 12.2. The number of para-hydroxylation sites is 1. The van der Waals surface area contributed by atoms with E-state index in [4.69, 9.17) is 11.6 Å². The van der Waals surface area contributed by atoms with E-state index in [0.29, 0.717) is 23.7 Å². The molecular formula is C15H21ClN2O. The van der Waals surface area contributed by atoms with Gasteiger partial charge in [0, 0.05) is 12.1 Å². The van der Waals surface area contributed by atoms with E-state index in [1.165, 1.54) is 12.8 Å². The second-order valence-electron chi connectivity index (χ2n) is 5.43. The Morgan fingerprint density at radius 3 is 2.58 bits per heavy atom. The summed E-state index contributed by atoms with van der Waals surface area (Å²) in [5.74, 6) is 0.0109. The van der Waals surface area contributed by atoms with Crippen molar-refractivity contribution in [1.82, 2.24) is 4.90 Å². The smallest absolute Gasteiger partial charge is 0.238 e. The second kappa shape index (κ2) is 5.93. The van der Waals surface area contributed by atoms with Gasteiger partial charge >= 0.3 is 0 Å². The molecule has 104 valence electrons. The molecule has 1 aromatic carbocycles. The molecule has 1 aliphatic rings. The van der Waals surface area contributed by atoms with Crippen molar-refractivity contribution in [3.8, 4) is 0 Å². The van der Waals surface area contributed by atoms with Crippen LogP contribution in [-0.4, -0.2) is 29.4 Å². The zero-order valence-corrected chi connectivity index (χ0v) is 12.5. The van der Waals surface area contributed by atoms with Crippen LogP contribution in [-0.2, 0) is 4.79 Å². The van der Waals surface area contributed by atoms with E-state index in [-0.39, 0.29) is 5.91 Å². The number of amides is 1. The molecule has 2 rings (SSSR count). The van der Waals surface area contributed by atoms with E-state index in [9.17, 15) is 4.79 Å². The van der Waals surface area contributed by atoms with E-state index in [1.54, 1.807) is 6.07 Å². The standard InChI is InChI=1S/C15H21ClN2O/c1-10-5-4-6-13(16)15(10)17-14(19)9-18-11(2)7-8-12(18)3/h4-6,11-12H,7-9H2,1-3H3,(H,17,19). The number of rotatable bonds is 3. The van der Waals surface area contributed by atoms with Gasteiger partial charge in [0.15, 0.2) is 0 Å². The molecule has 19 heavy (non-hydrogen) atoms. The fourth-order valence-corrected chi connectivity index (χ4v) is 2.96. The molecule has 3 nitrogen and oxygen atoms in total. The Morgan fingerprint density at radius 2 is 2.00 bits per heavy atom. The van der Waals surface area contributed by atoms with Crippen molar-refractivity contribution in [3.05, 3.63) is 28.8 Å². The zero-order valence-electron chi connectivity index (χ0n) is 11.7. The maximum Gasteiger partial charge on any atom is 0.238 e. The van der Waals surface area contributed by atoms with Gasteiger partial charge in [0.05, 0.1) is 17.3 Å². The van der Waals surface area contributed by atoms with E-state index in [1.807, 2.05) is 19.1 Å². The molecule has 0 radical (unpaired) electrons. The quantitative estimate of drug-likeness (QED) is 0.920. The van der Waals surface area contributed by atoms with Gasteiger partial charge in [-0.3, -0.25) is 9.69 Å². The van der Waals surface area contributed by atoms with Crippen LogP contribution in [0.25, 0.3) is 0 Å². The fourth-order valence-electron chi connectivity index (χ4n) is 2.70. The Labute approximate surface area is 119 Å². The minimum absolute atomic E-state index is 0.0109. The van der Waals surface area contributed by atoms with Gasteiger partial charge in [0.1, 0.15) is 0 Å². The maximum absolute atomic E-state index is 12.2. The third kappa shape index (κ3) is 3.28. The Kier molecular flexibility index (Phi) is 4.48. The Hall–Kier alpha value is -1.06. The van der Waals surface area contributed by atoms with E-state index >= 15 is 0 Å². The first-order valence-electron chi connectivity index (χ1n) is 6.79. The van der Waals surface area contributed by atoms with Crippen molar-refractivity contribution in [2.45, 2.75) is 45.7 Å². The van der Waals surface area contributed by atoms with Crippen LogP contribution in [0.1, 0.15) is 32.3 Å². The predicted molar refractivity (Wildman–Crippen MR) is 79.7 cm³/mol. The number of nitrogens with one attached hydrogen (secondary N) is 1. The van der Waals surface area contributed by atoms with Crippen LogP contribution in [0.5, 0.6) is 0 Å². The van der Waals surface area contributed by atoms with Gasteiger partial charge in [0.2, 0.25) is 5.91 Å². The summed E-state index contributed by atoms with van der Waals surface area (Å²) in [6.07, 6.45) is 2.33. The Morgan fingerprint density at radius 1 is 1.37 bits per heavy atom. The van der Waals surface area contributed by atoms with E-state index in [0.717, 1.165) is 11.3 Å². The van der Waals surface area contributed by atoms with Crippen molar-refractivity contribution in [3.63, 3.8) is 0 Å². The number of carbonyl (C=O) groups is 1. The molecule has 1 saturated heterocycles. The molecule has 1 aliphatic heterocycles. The monoisotopic (exact) mass is 280 g/mol. The minimum Gasteiger partial charge on any atom is -0.323 e. The number of hydrogen-bond donors (Lipinski definition) is 1. The van der Waals surface area contributed by atoms with Gasteiger partial charge in [-0.1, -0.05) is 23.7 Å². The highest BCUT2D eigenvalue weighted by Gasteiger charge is 2.28. The lowest BCUT2D eigenvalue weighted by Crippen LogP contribution is -2.39. The molecule has 0 saturated carbocycles. The lowest BCUT2D eigenvalue weighted by molar-refractivity contribution is -0.117. The molecule has 4 heteroatoms. The molecule has 1 fully saturated rings. The molecule has 0 aliphatic carbocycles. The summed E-state index contributed by atoms with van der Waals surface area (Å²) in [5, 5.41) is 3.53. The molecular weight excluding hydrogens is 260 g/mol. The predicted octanol–water partition coefficient (Wildman–Crippen LogP) is 3.46. The molecule has 2 atom stereocenters. The first-order valence-corrected chi connectivity index (χ1v) is 7.17. The Balaban J connectivity index is 2.02. The highest BCUT2D eigenvalue weighted by Crippen LogP contribution is 2.26. The topological polar surface area (TPSA) is 32.3 Å². The van der Waals surface area contributed by atoms with Crippen LogP contribution in [0.4, 0.5) is 5.69 Å². The summed E-state index contributed by atoms with van der Waals surface area (Å²) < 4.78 is 0. The van der Waals surface area contributed by atoms with Crippen molar-refractivity contribution < 1.29 is 4.79 Å². The summed E-state index contributed by atoms with van der Waals surface area (Å²) >= 11 is 6.12. The first kappa shape index (κ1) is 14.4. The average Bonchev–Trinajstić information content (AvgIpc) is 2.66. The molecule has 1 amide bonds. The molecule has 1 aromatic rings. The SMILES string of the molecule is Cc1cccc(Cl)c1NC(=O)CN1C(C)CCC1C. The van der Waals surface area contributed by atoms with Crippen LogP contribution < -0.4 is 5.32 Å². The molecule has 1 heterocycles.